The van der Waals surface area contributed by atoms with Crippen molar-refractivity contribution in [2.24, 2.45) is 5.73 Å². The Kier molecular flexibility index (Phi) is 3.45. The second-order valence-corrected chi connectivity index (χ2v) is 6.68. The Labute approximate surface area is 157 Å². The summed E-state index contributed by atoms with van der Waals surface area (Å²) in [5.41, 5.74) is 4.72. The normalized spacial score (nSPS) is 15.3. The molecule has 28 heavy (non-hydrogen) atoms. The quantitative estimate of drug-likeness (QED) is 0.352. The van der Waals surface area contributed by atoms with E-state index in [2.05, 4.69) is 0 Å². The van der Waals surface area contributed by atoms with E-state index in [4.69, 9.17) is 5.73 Å². The lowest BCUT2D eigenvalue weighted by atomic mass is 9.75. The van der Waals surface area contributed by atoms with Gasteiger partial charge in [0.1, 0.15) is 34.3 Å². The highest BCUT2D eigenvalue weighted by molar-refractivity contribution is 6.21. The van der Waals surface area contributed by atoms with E-state index in [0.717, 1.165) is 6.07 Å². The number of aromatic hydroxyl groups is 5. The van der Waals surface area contributed by atoms with Crippen LogP contribution in [0, 0.1) is 0 Å². The standard InChI is InChI=1S/C20H15NO7/c1-6-7-3-2-4-9(22)12(7)17(25)15-11(6)16(24)8-5-10(23)14(20(21)28)18(26)13(8)19(15)27/h2-6,22-24,26-27H,1H3,(H2,21,28). The number of carbonyl (C=O) groups excluding carboxylic acids is 2. The predicted molar refractivity (Wildman–Crippen MR) is 98.2 cm³/mol. The van der Waals surface area contributed by atoms with Gasteiger partial charge < -0.3 is 31.3 Å². The van der Waals surface area contributed by atoms with E-state index in [1.807, 2.05) is 0 Å². The highest BCUT2D eigenvalue weighted by atomic mass is 16.3. The summed E-state index contributed by atoms with van der Waals surface area (Å²) in [6.45, 7) is 1.67. The molecular weight excluding hydrogens is 366 g/mol. The number of rotatable bonds is 1. The molecule has 0 spiro atoms. The van der Waals surface area contributed by atoms with Crippen LogP contribution in [-0.2, 0) is 0 Å². The average Bonchev–Trinajstić information content (AvgIpc) is 2.61. The van der Waals surface area contributed by atoms with Crippen LogP contribution in [0.2, 0.25) is 0 Å². The number of primary amides is 1. The van der Waals surface area contributed by atoms with Crippen LogP contribution >= 0.6 is 0 Å². The maximum Gasteiger partial charge on any atom is 0.256 e. The lowest BCUT2D eigenvalue weighted by Gasteiger charge is -2.28. The zero-order valence-electron chi connectivity index (χ0n) is 14.5. The van der Waals surface area contributed by atoms with Crippen LogP contribution in [0.15, 0.2) is 24.3 Å². The van der Waals surface area contributed by atoms with Gasteiger partial charge in [-0.15, -0.1) is 0 Å². The first-order chi connectivity index (χ1) is 13.2. The maximum atomic E-state index is 13.0. The third-order valence-corrected chi connectivity index (χ3v) is 5.21. The van der Waals surface area contributed by atoms with E-state index in [1.165, 1.54) is 6.07 Å². The molecule has 0 saturated carbocycles. The minimum Gasteiger partial charge on any atom is -0.507 e. The van der Waals surface area contributed by atoms with Crippen molar-refractivity contribution in [3.63, 3.8) is 0 Å². The summed E-state index contributed by atoms with van der Waals surface area (Å²) in [4.78, 5) is 24.6. The van der Waals surface area contributed by atoms with Crippen LogP contribution in [0.4, 0.5) is 0 Å². The van der Waals surface area contributed by atoms with Crippen molar-refractivity contribution >= 4 is 22.5 Å². The van der Waals surface area contributed by atoms with Crippen molar-refractivity contribution in [1.29, 1.82) is 0 Å². The zero-order valence-corrected chi connectivity index (χ0v) is 14.5. The smallest absolute Gasteiger partial charge is 0.256 e. The van der Waals surface area contributed by atoms with Gasteiger partial charge >= 0.3 is 0 Å². The van der Waals surface area contributed by atoms with Crippen LogP contribution in [0.1, 0.15) is 50.2 Å². The molecular formula is C20H15NO7. The fraction of sp³-hybridized carbons (Fsp3) is 0.100. The Balaban J connectivity index is 2.20. The van der Waals surface area contributed by atoms with Gasteiger partial charge in [-0.25, -0.2) is 0 Å². The first-order valence-corrected chi connectivity index (χ1v) is 8.29. The lowest BCUT2D eigenvalue weighted by molar-refractivity contribution is 0.0993. The highest BCUT2D eigenvalue weighted by Gasteiger charge is 2.38. The second kappa shape index (κ2) is 5.53. The third kappa shape index (κ3) is 1.99. The van der Waals surface area contributed by atoms with Crippen molar-refractivity contribution in [1.82, 2.24) is 0 Å². The first kappa shape index (κ1) is 17.5. The van der Waals surface area contributed by atoms with Gasteiger partial charge in [0.2, 0.25) is 5.78 Å². The fourth-order valence-corrected chi connectivity index (χ4v) is 3.94. The van der Waals surface area contributed by atoms with Gasteiger partial charge in [-0.3, -0.25) is 9.59 Å². The Morgan fingerprint density at radius 2 is 1.64 bits per heavy atom. The largest absolute Gasteiger partial charge is 0.507 e. The zero-order chi connectivity index (χ0) is 20.5. The van der Waals surface area contributed by atoms with Gasteiger partial charge in [0.25, 0.3) is 5.91 Å². The van der Waals surface area contributed by atoms with E-state index in [1.54, 1.807) is 19.1 Å². The van der Waals surface area contributed by atoms with Gasteiger partial charge in [0, 0.05) is 16.9 Å². The molecule has 0 saturated heterocycles. The molecule has 3 aromatic rings. The SMILES string of the molecule is CC1c2cccc(O)c2C(=O)c2c1c(O)c1cc(O)c(C(N)=O)c(O)c1c2O. The molecule has 1 amide bonds. The Morgan fingerprint density at radius 3 is 2.29 bits per heavy atom. The number of benzene rings is 3. The van der Waals surface area contributed by atoms with E-state index in [9.17, 15) is 35.1 Å². The molecule has 4 rings (SSSR count). The Bertz CT molecular complexity index is 1230. The minimum atomic E-state index is -1.16. The van der Waals surface area contributed by atoms with E-state index in [0.29, 0.717) is 5.56 Å². The number of hydrogen-bond donors (Lipinski definition) is 6. The third-order valence-electron chi connectivity index (χ3n) is 5.21. The summed E-state index contributed by atoms with van der Waals surface area (Å²) in [5.74, 6) is -5.45. The van der Waals surface area contributed by atoms with Crippen LogP contribution in [0.25, 0.3) is 10.8 Å². The highest BCUT2D eigenvalue weighted by Crippen LogP contribution is 2.53. The molecule has 1 aliphatic rings. The summed E-state index contributed by atoms with van der Waals surface area (Å²) in [6.07, 6.45) is 0. The van der Waals surface area contributed by atoms with Crippen LogP contribution in [0.5, 0.6) is 28.7 Å². The molecule has 7 N–H and O–H groups in total. The van der Waals surface area contributed by atoms with Gasteiger partial charge in [0.05, 0.1) is 16.5 Å². The summed E-state index contributed by atoms with van der Waals surface area (Å²) < 4.78 is 0. The fourth-order valence-electron chi connectivity index (χ4n) is 3.94. The molecule has 0 heterocycles. The molecule has 1 unspecified atom stereocenters. The molecule has 1 aliphatic carbocycles. The Morgan fingerprint density at radius 1 is 0.964 bits per heavy atom. The number of carbonyl (C=O) groups is 2. The van der Waals surface area contributed by atoms with Crippen LogP contribution in [0.3, 0.4) is 0 Å². The summed E-state index contributed by atoms with van der Waals surface area (Å²) in [7, 11) is 0. The topological polar surface area (TPSA) is 161 Å². The molecule has 0 radical (unpaired) electrons. The number of phenolic OH excluding ortho intramolecular Hbond substituents is 3. The molecule has 8 nitrogen and oxygen atoms in total. The molecule has 8 heteroatoms. The molecule has 1 atom stereocenters. The predicted octanol–water partition coefficient (Wildman–Crippen LogP) is 2.16. The van der Waals surface area contributed by atoms with Crippen molar-refractivity contribution < 1.29 is 35.1 Å². The second-order valence-electron chi connectivity index (χ2n) is 6.68. The molecule has 0 bridgehead atoms. The van der Waals surface area contributed by atoms with Crippen LogP contribution < -0.4 is 5.73 Å². The number of hydrogen-bond acceptors (Lipinski definition) is 7. The summed E-state index contributed by atoms with van der Waals surface area (Å²) in [5, 5.41) is 51.7. The Hall–Kier alpha value is -3.94. The van der Waals surface area contributed by atoms with Gasteiger partial charge in [0.15, 0.2) is 0 Å². The van der Waals surface area contributed by atoms with E-state index < -0.39 is 51.6 Å². The number of fused-ring (bicyclic) bond motifs is 3. The number of nitrogens with two attached hydrogens (primary N) is 1. The number of amides is 1. The minimum absolute atomic E-state index is 0.0232. The maximum absolute atomic E-state index is 13.0. The van der Waals surface area contributed by atoms with Crippen molar-refractivity contribution in [2.75, 3.05) is 0 Å². The summed E-state index contributed by atoms with van der Waals surface area (Å²) >= 11 is 0. The molecule has 0 aromatic heterocycles. The van der Waals surface area contributed by atoms with Gasteiger partial charge in [-0.05, 0) is 17.7 Å². The van der Waals surface area contributed by atoms with Gasteiger partial charge in [-0.1, -0.05) is 19.1 Å². The molecule has 142 valence electrons. The molecule has 3 aromatic carbocycles. The number of phenols is 5. The van der Waals surface area contributed by atoms with Crippen LogP contribution in [-0.4, -0.2) is 37.2 Å². The van der Waals surface area contributed by atoms with Crippen molar-refractivity contribution in [3.05, 3.63) is 52.1 Å². The number of ketones is 1. The van der Waals surface area contributed by atoms with E-state index in [-0.39, 0.29) is 27.8 Å². The molecule has 0 aliphatic heterocycles. The molecule has 0 fully saturated rings. The average molecular weight is 381 g/mol. The van der Waals surface area contributed by atoms with E-state index >= 15 is 0 Å². The first-order valence-electron chi connectivity index (χ1n) is 8.29. The lowest BCUT2D eigenvalue weighted by Crippen LogP contribution is -2.19. The monoisotopic (exact) mass is 381 g/mol. The summed E-state index contributed by atoms with van der Waals surface area (Å²) in [6, 6.07) is 5.48. The van der Waals surface area contributed by atoms with Crippen molar-refractivity contribution in [3.8, 4) is 28.7 Å². The van der Waals surface area contributed by atoms with Gasteiger partial charge in [-0.2, -0.15) is 0 Å². The van der Waals surface area contributed by atoms with Crippen molar-refractivity contribution in [2.45, 2.75) is 12.8 Å².